The summed E-state index contributed by atoms with van der Waals surface area (Å²) in [4.78, 5) is 28.1. The third-order valence-electron chi connectivity index (χ3n) is 4.35. The fourth-order valence-corrected chi connectivity index (χ4v) is 3.85. The van der Waals surface area contributed by atoms with E-state index in [1.165, 1.54) is 16.2 Å². The summed E-state index contributed by atoms with van der Waals surface area (Å²) in [6, 6.07) is 9.19. The first-order valence-corrected chi connectivity index (χ1v) is 10.4. The number of imide groups is 1. The van der Waals surface area contributed by atoms with E-state index < -0.39 is 0 Å². The van der Waals surface area contributed by atoms with Gasteiger partial charge in [0.2, 0.25) is 0 Å². The van der Waals surface area contributed by atoms with Crippen LogP contribution in [0.5, 0.6) is 0 Å². The number of halogens is 1. The Morgan fingerprint density at radius 1 is 1.21 bits per heavy atom. The minimum Gasteiger partial charge on any atom is -0.379 e. The average molecular weight is 419 g/mol. The van der Waals surface area contributed by atoms with E-state index in [2.05, 4.69) is 5.32 Å². The van der Waals surface area contributed by atoms with Crippen LogP contribution >= 0.6 is 22.9 Å². The second-order valence-electron chi connectivity index (χ2n) is 6.85. The highest BCUT2D eigenvalue weighted by Gasteiger charge is 2.39. The van der Waals surface area contributed by atoms with E-state index in [1.54, 1.807) is 6.07 Å². The van der Waals surface area contributed by atoms with Crippen molar-refractivity contribution in [1.29, 1.82) is 0 Å². The van der Waals surface area contributed by atoms with Gasteiger partial charge in [-0.2, -0.15) is 0 Å². The fraction of sp³-hybridized carbons (Fsp3) is 0.333. The highest BCUT2D eigenvalue weighted by molar-refractivity contribution is 7.11. The molecule has 0 saturated carbocycles. The molecule has 1 aromatic heterocycles. The maximum Gasteiger partial charge on any atom is 0.278 e. The Balaban J connectivity index is 1.85. The predicted octanol–water partition coefficient (Wildman–Crippen LogP) is 4.72. The van der Waals surface area contributed by atoms with Crippen LogP contribution in [0.3, 0.4) is 0 Å². The van der Waals surface area contributed by atoms with Crippen molar-refractivity contribution in [2.75, 3.05) is 18.5 Å². The van der Waals surface area contributed by atoms with E-state index >= 15 is 0 Å². The normalized spacial score (nSPS) is 14.5. The van der Waals surface area contributed by atoms with Gasteiger partial charge in [0.05, 0.1) is 11.7 Å². The molecule has 0 spiro atoms. The van der Waals surface area contributed by atoms with Gasteiger partial charge in [-0.3, -0.25) is 14.5 Å². The Bertz CT molecular complexity index is 906. The van der Waals surface area contributed by atoms with Gasteiger partial charge in [-0.25, -0.2) is 0 Å². The summed E-state index contributed by atoms with van der Waals surface area (Å²) in [5.74, 6) is -0.604. The number of benzene rings is 1. The maximum absolute atomic E-state index is 13.0. The summed E-state index contributed by atoms with van der Waals surface area (Å²) in [5.41, 5.74) is 2.31. The van der Waals surface area contributed by atoms with E-state index in [-0.39, 0.29) is 23.6 Å². The summed E-state index contributed by atoms with van der Waals surface area (Å²) in [6.07, 6.45) is 0.713. The molecule has 7 heteroatoms. The van der Waals surface area contributed by atoms with Gasteiger partial charge >= 0.3 is 0 Å². The maximum atomic E-state index is 13.0. The van der Waals surface area contributed by atoms with Gasteiger partial charge in [0.15, 0.2) is 0 Å². The Labute approximate surface area is 173 Å². The second-order valence-corrected chi connectivity index (χ2v) is 8.21. The molecule has 0 radical (unpaired) electrons. The summed E-state index contributed by atoms with van der Waals surface area (Å²) in [7, 11) is 0. The number of ether oxygens (including phenoxy) is 1. The van der Waals surface area contributed by atoms with E-state index in [0.29, 0.717) is 35.9 Å². The molecule has 1 N–H and O–H groups in total. The zero-order chi connectivity index (χ0) is 20.3. The van der Waals surface area contributed by atoms with Crippen molar-refractivity contribution < 1.29 is 14.3 Å². The Morgan fingerprint density at radius 3 is 2.64 bits per heavy atom. The molecule has 148 valence electrons. The molecule has 2 aromatic rings. The summed E-state index contributed by atoms with van der Waals surface area (Å²) in [5, 5.41) is 5.61. The molecule has 0 bridgehead atoms. The molecule has 0 saturated heterocycles. The topological polar surface area (TPSA) is 58.6 Å². The van der Waals surface area contributed by atoms with E-state index in [4.69, 9.17) is 16.3 Å². The Morgan fingerprint density at radius 2 is 2.00 bits per heavy atom. The first-order valence-electron chi connectivity index (χ1n) is 9.17. The molecule has 2 heterocycles. The van der Waals surface area contributed by atoms with Gasteiger partial charge < -0.3 is 10.1 Å². The molecular weight excluding hydrogens is 396 g/mol. The summed E-state index contributed by atoms with van der Waals surface area (Å²) in [6.45, 7) is 6.64. The summed E-state index contributed by atoms with van der Waals surface area (Å²) < 4.78 is 5.53. The fourth-order valence-electron chi connectivity index (χ4n) is 2.90. The van der Waals surface area contributed by atoms with Gasteiger partial charge in [-0.1, -0.05) is 23.7 Å². The van der Waals surface area contributed by atoms with Crippen LogP contribution in [0.15, 0.2) is 41.4 Å². The minimum atomic E-state index is -0.324. The number of carbonyl (C=O) groups is 2. The summed E-state index contributed by atoms with van der Waals surface area (Å²) >= 11 is 7.64. The van der Waals surface area contributed by atoms with Crippen LogP contribution in [-0.2, 0) is 14.3 Å². The standard InChI is InChI=1S/C21H23ClN2O3S/c1-13(2)27-10-5-9-24-20(25)18(17-6-4-11-28-17)19(21(24)26)23-15-8-7-14(3)16(22)12-15/h4,6-8,11-13,23H,5,9-10H2,1-3H3. The Kier molecular flexibility index (Phi) is 6.54. The lowest BCUT2D eigenvalue weighted by atomic mass is 10.1. The van der Waals surface area contributed by atoms with Gasteiger partial charge in [0.25, 0.3) is 11.8 Å². The van der Waals surface area contributed by atoms with E-state index in [1.807, 2.05) is 50.4 Å². The number of aryl methyl sites for hydroxylation is 1. The molecule has 28 heavy (non-hydrogen) atoms. The molecule has 0 fully saturated rings. The van der Waals surface area contributed by atoms with Gasteiger partial charge in [0, 0.05) is 28.7 Å². The first-order chi connectivity index (χ1) is 13.4. The Hall–Kier alpha value is -2.15. The van der Waals surface area contributed by atoms with Gasteiger partial charge in [-0.15, -0.1) is 11.3 Å². The second kappa shape index (κ2) is 8.90. The first kappa shape index (κ1) is 20.6. The SMILES string of the molecule is Cc1ccc(NC2=C(c3cccs3)C(=O)N(CCCOC(C)C)C2=O)cc1Cl. The molecule has 0 unspecified atom stereocenters. The predicted molar refractivity (Wildman–Crippen MR) is 113 cm³/mol. The third kappa shape index (κ3) is 4.46. The molecule has 5 nitrogen and oxygen atoms in total. The van der Waals surface area contributed by atoms with Crippen LogP contribution < -0.4 is 5.32 Å². The number of rotatable bonds is 8. The van der Waals surface area contributed by atoms with E-state index in [9.17, 15) is 9.59 Å². The lowest BCUT2D eigenvalue weighted by Gasteiger charge is -2.16. The molecule has 1 aromatic carbocycles. The largest absolute Gasteiger partial charge is 0.379 e. The molecule has 0 atom stereocenters. The van der Waals surface area contributed by atoms with Crippen LogP contribution in [-0.4, -0.2) is 36.0 Å². The number of hydrogen-bond acceptors (Lipinski definition) is 5. The van der Waals surface area contributed by atoms with Crippen molar-refractivity contribution >= 4 is 46.0 Å². The average Bonchev–Trinajstić information content (AvgIpc) is 3.24. The molecule has 0 aliphatic carbocycles. The quantitative estimate of drug-likeness (QED) is 0.498. The number of nitrogens with zero attached hydrogens (tertiary/aromatic N) is 1. The molecular formula is C21H23ClN2O3S. The van der Waals surface area contributed by atoms with Crippen molar-refractivity contribution in [1.82, 2.24) is 4.90 Å². The van der Waals surface area contributed by atoms with E-state index in [0.717, 1.165) is 10.4 Å². The van der Waals surface area contributed by atoms with Crippen LogP contribution in [0.4, 0.5) is 5.69 Å². The number of anilines is 1. The van der Waals surface area contributed by atoms with Crippen molar-refractivity contribution in [3.8, 4) is 0 Å². The van der Waals surface area contributed by atoms with Crippen molar-refractivity contribution in [3.05, 3.63) is 56.9 Å². The van der Waals surface area contributed by atoms with Crippen LogP contribution in [0, 0.1) is 6.92 Å². The number of nitrogens with one attached hydrogen (secondary N) is 1. The van der Waals surface area contributed by atoms with Crippen molar-refractivity contribution in [2.24, 2.45) is 0 Å². The van der Waals surface area contributed by atoms with Crippen molar-refractivity contribution in [2.45, 2.75) is 33.3 Å². The molecule has 2 amide bonds. The molecule has 1 aliphatic rings. The zero-order valence-corrected chi connectivity index (χ0v) is 17.7. The van der Waals surface area contributed by atoms with Crippen LogP contribution in [0.1, 0.15) is 30.7 Å². The molecule has 3 rings (SSSR count). The number of hydrogen-bond donors (Lipinski definition) is 1. The smallest absolute Gasteiger partial charge is 0.278 e. The third-order valence-corrected chi connectivity index (χ3v) is 5.65. The lowest BCUT2D eigenvalue weighted by molar-refractivity contribution is -0.137. The van der Waals surface area contributed by atoms with Crippen LogP contribution in [0.2, 0.25) is 5.02 Å². The van der Waals surface area contributed by atoms with Crippen LogP contribution in [0.25, 0.3) is 5.57 Å². The lowest BCUT2D eigenvalue weighted by Crippen LogP contribution is -2.34. The monoisotopic (exact) mass is 418 g/mol. The minimum absolute atomic E-state index is 0.119. The van der Waals surface area contributed by atoms with Gasteiger partial charge in [-0.05, 0) is 56.3 Å². The van der Waals surface area contributed by atoms with Gasteiger partial charge in [0.1, 0.15) is 5.70 Å². The van der Waals surface area contributed by atoms with Crippen molar-refractivity contribution in [3.63, 3.8) is 0 Å². The number of carbonyl (C=O) groups excluding carboxylic acids is 2. The highest BCUT2D eigenvalue weighted by Crippen LogP contribution is 2.33. The number of thiophene rings is 1. The molecule has 1 aliphatic heterocycles. The zero-order valence-electron chi connectivity index (χ0n) is 16.1. The number of amides is 2. The highest BCUT2D eigenvalue weighted by atomic mass is 35.5.